The Morgan fingerprint density at radius 3 is 1.03 bits per heavy atom. The van der Waals surface area contributed by atoms with Crippen molar-refractivity contribution in [1.29, 1.82) is 0 Å². The molecule has 0 amide bonds. The summed E-state index contributed by atoms with van der Waals surface area (Å²) in [7, 11) is 0. The minimum absolute atomic E-state index is 0.311. The zero-order valence-electron chi connectivity index (χ0n) is 39.6. The first-order valence-electron chi connectivity index (χ1n) is 24.7. The van der Waals surface area contributed by atoms with Crippen molar-refractivity contribution in [2.45, 2.75) is 6.92 Å². The first kappa shape index (κ1) is 41.3. The fourth-order valence-corrected chi connectivity index (χ4v) is 12.3. The number of hydrogen-bond donors (Lipinski definition) is 0. The Morgan fingerprint density at radius 2 is 0.630 bits per heavy atom. The van der Waals surface area contributed by atoms with Crippen LogP contribution >= 0.6 is 0 Å². The van der Waals surface area contributed by atoms with E-state index < -0.39 is 0 Å². The van der Waals surface area contributed by atoms with Crippen LogP contribution < -0.4 is 0 Å². The van der Waals surface area contributed by atoms with Crippen molar-refractivity contribution in [1.82, 2.24) is 18.3 Å². The Kier molecular flexibility index (Phi) is 8.90. The molecule has 11 aromatic carbocycles. The van der Waals surface area contributed by atoms with E-state index in [0.717, 1.165) is 138 Å². The smallest absolute Gasteiger partial charge is 0.123 e. The molecular weight excluding hydrogens is 899 g/mol. The second-order valence-corrected chi connectivity index (χ2v) is 19.1. The Hall–Kier alpha value is -9.52. The highest BCUT2D eigenvalue weighted by Gasteiger charge is 2.29. The first-order chi connectivity index (χ1) is 36.0. The van der Waals surface area contributed by atoms with E-state index in [-0.39, 0.29) is 11.6 Å². The van der Waals surface area contributed by atoms with Crippen LogP contribution in [0.4, 0.5) is 8.78 Å². The molecule has 6 heteroatoms. The van der Waals surface area contributed by atoms with Crippen LogP contribution in [0.15, 0.2) is 237 Å². The summed E-state index contributed by atoms with van der Waals surface area (Å²) in [4.78, 5) is 0. The van der Waals surface area contributed by atoms with Gasteiger partial charge in [0.15, 0.2) is 0 Å². The van der Waals surface area contributed by atoms with Gasteiger partial charge >= 0.3 is 0 Å². The molecule has 0 aliphatic rings. The molecule has 4 aromatic heterocycles. The molecular formula is C67H42F2N4. The third-order valence-corrected chi connectivity index (χ3v) is 15.2. The highest BCUT2D eigenvalue weighted by molar-refractivity contribution is 6.28. The molecule has 73 heavy (non-hydrogen) atoms. The van der Waals surface area contributed by atoms with Crippen LogP contribution in [0.2, 0.25) is 0 Å². The third-order valence-electron chi connectivity index (χ3n) is 15.2. The minimum atomic E-state index is -0.311. The maximum Gasteiger partial charge on any atom is 0.123 e. The lowest BCUT2D eigenvalue weighted by Gasteiger charge is -2.25. The molecule has 15 rings (SSSR count). The van der Waals surface area contributed by atoms with Crippen LogP contribution in [0.3, 0.4) is 0 Å². The topological polar surface area (TPSA) is 19.7 Å². The van der Waals surface area contributed by atoms with Gasteiger partial charge in [-0.05, 0) is 115 Å². The zero-order chi connectivity index (χ0) is 48.5. The number of nitrogens with zero attached hydrogens (tertiary/aromatic N) is 4. The molecule has 0 fully saturated rings. The summed E-state index contributed by atoms with van der Waals surface area (Å²) in [6.07, 6.45) is 0. The SMILES string of the molecule is Cc1c(-n2c3ccccc3c3ccc4c(c5ccccc5n4-c4ccccc4)c32)c(-c2ccc(F)cc2)cc(-c2ccc(F)cc2)c1-n1c2ccccc2c2ccc3c(c4ccccc4n3-c3ccccc3)c21. The summed E-state index contributed by atoms with van der Waals surface area (Å²) in [5, 5.41) is 9.04. The standard InChI is InChI=1S/C67H42F2N4/c1-41-64(72-56-24-12-8-20-48(56)50-36-38-60-62(66(50)72)52-22-10-14-26-58(52)70(60)46-16-4-2-5-17-46)54(42-28-32-44(68)33-29-42)40-55(43-30-34-45(69)35-31-43)65(41)73-57-25-13-9-21-49(57)51-37-39-61-63(67(51)73)53-23-11-15-27-59(53)71(61)47-18-6-3-7-19-47/h2-40H,1H3. The highest BCUT2D eigenvalue weighted by Crippen LogP contribution is 2.50. The molecule has 0 atom stereocenters. The van der Waals surface area contributed by atoms with Gasteiger partial charge in [-0.3, -0.25) is 0 Å². The van der Waals surface area contributed by atoms with E-state index >= 15 is 8.78 Å². The van der Waals surface area contributed by atoms with Gasteiger partial charge in [0.2, 0.25) is 0 Å². The van der Waals surface area contributed by atoms with E-state index in [1.165, 1.54) is 0 Å². The lowest BCUT2D eigenvalue weighted by Crippen LogP contribution is -2.08. The average Bonchev–Trinajstić information content (AvgIpc) is 4.22. The monoisotopic (exact) mass is 940 g/mol. The molecule has 0 saturated heterocycles. The summed E-state index contributed by atoms with van der Waals surface area (Å²) in [6, 6.07) is 81.0. The second kappa shape index (κ2) is 15.7. The van der Waals surface area contributed by atoms with Gasteiger partial charge in [0.25, 0.3) is 0 Å². The quantitative estimate of drug-likeness (QED) is 0.158. The molecule has 344 valence electrons. The predicted molar refractivity (Wildman–Crippen MR) is 299 cm³/mol. The number of aromatic nitrogens is 4. The van der Waals surface area contributed by atoms with Gasteiger partial charge in [-0.1, -0.05) is 146 Å². The van der Waals surface area contributed by atoms with Crippen molar-refractivity contribution in [3.63, 3.8) is 0 Å². The molecule has 0 unspecified atom stereocenters. The summed E-state index contributed by atoms with van der Waals surface area (Å²) in [6.45, 7) is 2.24. The third kappa shape index (κ3) is 5.92. The van der Waals surface area contributed by atoms with Crippen LogP contribution in [0.25, 0.3) is 132 Å². The number of benzene rings is 11. The summed E-state index contributed by atoms with van der Waals surface area (Å²) in [5.74, 6) is -0.623. The normalized spacial score (nSPS) is 12.0. The Bertz CT molecular complexity index is 4430. The fourth-order valence-electron chi connectivity index (χ4n) is 12.3. The summed E-state index contributed by atoms with van der Waals surface area (Å²) >= 11 is 0. The predicted octanol–water partition coefficient (Wildman–Crippen LogP) is 18.0. The van der Waals surface area contributed by atoms with Gasteiger partial charge in [0, 0.05) is 65.6 Å². The number of hydrogen-bond acceptors (Lipinski definition) is 0. The lowest BCUT2D eigenvalue weighted by molar-refractivity contribution is 0.627. The summed E-state index contributed by atoms with van der Waals surface area (Å²) in [5.41, 5.74) is 17.3. The van der Waals surface area contributed by atoms with Crippen LogP contribution in [-0.4, -0.2) is 18.3 Å². The van der Waals surface area contributed by atoms with Gasteiger partial charge < -0.3 is 18.3 Å². The highest BCUT2D eigenvalue weighted by atomic mass is 19.1. The molecule has 0 N–H and O–H groups in total. The Balaban J connectivity index is 1.18. The van der Waals surface area contributed by atoms with E-state index in [9.17, 15) is 0 Å². The maximum atomic E-state index is 15.2. The molecule has 0 saturated carbocycles. The van der Waals surface area contributed by atoms with Crippen molar-refractivity contribution < 1.29 is 8.78 Å². The van der Waals surface area contributed by atoms with Gasteiger partial charge in [-0.25, -0.2) is 8.78 Å². The molecule has 0 bridgehead atoms. The minimum Gasteiger partial charge on any atom is -0.309 e. The van der Waals surface area contributed by atoms with E-state index in [1.54, 1.807) is 24.3 Å². The van der Waals surface area contributed by atoms with Gasteiger partial charge in [-0.2, -0.15) is 0 Å². The van der Waals surface area contributed by atoms with E-state index in [2.05, 4.69) is 213 Å². The van der Waals surface area contributed by atoms with Crippen molar-refractivity contribution >= 4 is 87.2 Å². The lowest BCUT2D eigenvalue weighted by atomic mass is 9.91. The maximum absolute atomic E-state index is 15.2. The van der Waals surface area contributed by atoms with E-state index in [4.69, 9.17) is 0 Å². The fraction of sp³-hybridized carbons (Fsp3) is 0.0149. The molecule has 4 heterocycles. The largest absolute Gasteiger partial charge is 0.309 e. The van der Waals surface area contributed by atoms with Crippen LogP contribution in [0.5, 0.6) is 0 Å². The Morgan fingerprint density at radius 1 is 0.288 bits per heavy atom. The number of halogens is 2. The number of para-hydroxylation sites is 6. The summed E-state index contributed by atoms with van der Waals surface area (Å²) < 4.78 is 40.0. The van der Waals surface area contributed by atoms with E-state index in [0.29, 0.717) is 0 Å². The van der Waals surface area contributed by atoms with Crippen LogP contribution in [0.1, 0.15) is 5.56 Å². The van der Waals surface area contributed by atoms with Gasteiger partial charge in [0.05, 0.1) is 55.5 Å². The molecule has 0 spiro atoms. The second-order valence-electron chi connectivity index (χ2n) is 19.1. The number of fused-ring (bicyclic) bond motifs is 14. The molecule has 0 aliphatic heterocycles. The van der Waals surface area contributed by atoms with Crippen molar-refractivity contribution in [2.24, 2.45) is 0 Å². The Labute approximate surface area is 418 Å². The van der Waals surface area contributed by atoms with Crippen molar-refractivity contribution in [3.8, 4) is 45.0 Å². The van der Waals surface area contributed by atoms with Crippen molar-refractivity contribution in [3.05, 3.63) is 254 Å². The molecule has 15 aromatic rings. The molecule has 4 nitrogen and oxygen atoms in total. The van der Waals surface area contributed by atoms with E-state index in [1.807, 2.05) is 24.3 Å². The molecule has 0 aliphatic carbocycles. The van der Waals surface area contributed by atoms with Crippen LogP contribution in [0, 0.1) is 18.6 Å². The average molecular weight is 941 g/mol. The molecule has 0 radical (unpaired) electrons. The van der Waals surface area contributed by atoms with Crippen molar-refractivity contribution in [2.75, 3.05) is 0 Å². The van der Waals surface area contributed by atoms with Crippen LogP contribution in [-0.2, 0) is 0 Å². The number of rotatable bonds is 6. The first-order valence-corrected chi connectivity index (χ1v) is 24.7. The van der Waals surface area contributed by atoms with Gasteiger partial charge in [0.1, 0.15) is 11.6 Å². The van der Waals surface area contributed by atoms with Gasteiger partial charge in [-0.15, -0.1) is 0 Å². The zero-order valence-corrected chi connectivity index (χ0v) is 39.6.